The molecular formula is C13H19N3O3. The summed E-state index contributed by atoms with van der Waals surface area (Å²) in [6.07, 6.45) is 5.03. The molecule has 0 radical (unpaired) electrons. The van der Waals surface area contributed by atoms with Crippen LogP contribution >= 0.6 is 0 Å². The van der Waals surface area contributed by atoms with Gasteiger partial charge in [0.1, 0.15) is 0 Å². The predicted octanol–water partition coefficient (Wildman–Crippen LogP) is 2.05. The van der Waals surface area contributed by atoms with Crippen molar-refractivity contribution < 1.29 is 14.4 Å². The average Bonchev–Trinajstić information content (AvgIpc) is 2.89. The number of hydrogen-bond acceptors (Lipinski definition) is 5. The molecule has 2 unspecified atom stereocenters. The molecule has 1 aliphatic carbocycles. The summed E-state index contributed by atoms with van der Waals surface area (Å²) < 4.78 is 5.27. The van der Waals surface area contributed by atoms with Crippen molar-refractivity contribution in [3.05, 3.63) is 18.0 Å². The fraction of sp³-hybridized carbons (Fsp3) is 0.615. The zero-order valence-electron chi connectivity index (χ0n) is 11.2. The Morgan fingerprint density at radius 1 is 1.42 bits per heavy atom. The number of carboxylic acid groups (broad SMARTS) is 1. The van der Waals surface area contributed by atoms with Crippen LogP contribution in [0.2, 0.25) is 0 Å². The molecule has 0 saturated heterocycles. The first-order valence-corrected chi connectivity index (χ1v) is 6.63. The van der Waals surface area contributed by atoms with Crippen LogP contribution < -0.4 is 4.90 Å². The van der Waals surface area contributed by atoms with Crippen molar-refractivity contribution in [1.82, 2.24) is 10.1 Å². The van der Waals surface area contributed by atoms with Gasteiger partial charge in [-0.25, -0.2) is 0 Å². The number of anilines is 1. The summed E-state index contributed by atoms with van der Waals surface area (Å²) >= 11 is 0. The Hall–Kier alpha value is -1.85. The normalized spacial score (nSPS) is 22.4. The third-order valence-electron chi connectivity index (χ3n) is 3.54. The van der Waals surface area contributed by atoms with Crippen LogP contribution in [-0.4, -0.2) is 34.3 Å². The summed E-state index contributed by atoms with van der Waals surface area (Å²) in [5, 5.41) is 13.2. The van der Waals surface area contributed by atoms with Gasteiger partial charge in [0.25, 0.3) is 5.95 Å². The van der Waals surface area contributed by atoms with Gasteiger partial charge >= 0.3 is 5.97 Å². The molecule has 2 atom stereocenters. The van der Waals surface area contributed by atoms with Crippen LogP contribution in [0.3, 0.4) is 0 Å². The zero-order valence-corrected chi connectivity index (χ0v) is 11.2. The van der Waals surface area contributed by atoms with Crippen molar-refractivity contribution in [1.29, 1.82) is 0 Å². The van der Waals surface area contributed by atoms with E-state index in [1.165, 1.54) is 0 Å². The van der Waals surface area contributed by atoms with E-state index in [9.17, 15) is 9.90 Å². The minimum Gasteiger partial charge on any atom is -0.481 e. The lowest BCUT2D eigenvalue weighted by molar-refractivity contribution is -0.142. The fourth-order valence-corrected chi connectivity index (χ4v) is 2.37. The average molecular weight is 265 g/mol. The Kier molecular flexibility index (Phi) is 4.19. The van der Waals surface area contributed by atoms with E-state index >= 15 is 0 Å². The monoisotopic (exact) mass is 265 g/mol. The van der Waals surface area contributed by atoms with Gasteiger partial charge in [-0.3, -0.25) is 4.79 Å². The van der Waals surface area contributed by atoms with E-state index in [4.69, 9.17) is 4.52 Å². The van der Waals surface area contributed by atoms with E-state index in [1.54, 1.807) is 0 Å². The van der Waals surface area contributed by atoms with Crippen LogP contribution in [0, 0.1) is 5.92 Å². The van der Waals surface area contributed by atoms with Gasteiger partial charge in [0.15, 0.2) is 0 Å². The van der Waals surface area contributed by atoms with E-state index in [2.05, 4.69) is 10.1 Å². The largest absolute Gasteiger partial charge is 0.481 e. The van der Waals surface area contributed by atoms with Crippen molar-refractivity contribution in [2.24, 2.45) is 5.92 Å². The highest BCUT2D eigenvalue weighted by Crippen LogP contribution is 2.34. The number of aliphatic carboxylic acids is 1. The number of nitrogens with zero attached hydrogens (tertiary/aromatic N) is 3. The second-order valence-corrected chi connectivity index (χ2v) is 4.60. The Morgan fingerprint density at radius 3 is 2.74 bits per heavy atom. The van der Waals surface area contributed by atoms with E-state index < -0.39 is 11.9 Å². The Morgan fingerprint density at radius 2 is 2.11 bits per heavy atom. The highest BCUT2D eigenvalue weighted by Gasteiger charge is 2.34. The van der Waals surface area contributed by atoms with Crippen molar-refractivity contribution in [3.8, 4) is 0 Å². The van der Waals surface area contributed by atoms with Gasteiger partial charge in [0.05, 0.1) is 11.8 Å². The molecule has 0 amide bonds. The van der Waals surface area contributed by atoms with Crippen molar-refractivity contribution in [2.45, 2.75) is 32.6 Å². The summed E-state index contributed by atoms with van der Waals surface area (Å²) in [4.78, 5) is 17.6. The Bertz CT molecular complexity index is 465. The lowest BCUT2D eigenvalue weighted by Crippen LogP contribution is -2.25. The third kappa shape index (κ3) is 2.77. The van der Waals surface area contributed by atoms with Crippen LogP contribution in [0.25, 0.3) is 0 Å². The zero-order chi connectivity index (χ0) is 13.8. The molecule has 1 heterocycles. The van der Waals surface area contributed by atoms with Crippen molar-refractivity contribution >= 4 is 11.9 Å². The van der Waals surface area contributed by atoms with Gasteiger partial charge in [-0.05, 0) is 31.8 Å². The van der Waals surface area contributed by atoms with Gasteiger partial charge in [-0.2, -0.15) is 4.98 Å². The molecule has 0 fully saturated rings. The van der Waals surface area contributed by atoms with E-state index in [0.717, 1.165) is 13.1 Å². The first-order chi connectivity index (χ1) is 9.17. The van der Waals surface area contributed by atoms with Crippen LogP contribution in [0.15, 0.2) is 16.7 Å². The fourth-order valence-electron chi connectivity index (χ4n) is 2.37. The van der Waals surface area contributed by atoms with Crippen LogP contribution in [0.5, 0.6) is 0 Å². The molecule has 1 aromatic rings. The maximum Gasteiger partial charge on any atom is 0.307 e. The Balaban J connectivity index is 2.21. The van der Waals surface area contributed by atoms with Crippen LogP contribution in [0.4, 0.5) is 5.95 Å². The second kappa shape index (κ2) is 5.86. The molecular weight excluding hydrogens is 246 g/mol. The smallest absolute Gasteiger partial charge is 0.307 e. The summed E-state index contributed by atoms with van der Waals surface area (Å²) in [7, 11) is 0. The molecule has 1 N–H and O–H groups in total. The van der Waals surface area contributed by atoms with Crippen LogP contribution in [-0.2, 0) is 4.79 Å². The summed E-state index contributed by atoms with van der Waals surface area (Å²) in [5.41, 5.74) is 0. The number of carboxylic acids is 1. The van der Waals surface area contributed by atoms with E-state index in [1.807, 2.05) is 30.9 Å². The summed E-state index contributed by atoms with van der Waals surface area (Å²) in [5.74, 6) is -0.538. The van der Waals surface area contributed by atoms with E-state index in [0.29, 0.717) is 24.7 Å². The highest BCUT2D eigenvalue weighted by atomic mass is 16.5. The van der Waals surface area contributed by atoms with Crippen molar-refractivity contribution in [2.75, 3.05) is 18.0 Å². The maximum absolute atomic E-state index is 11.3. The minimum absolute atomic E-state index is 0.223. The molecule has 104 valence electrons. The SMILES string of the molecule is CCN(CC)c1noc(C2CC=CCC2C(=O)O)n1. The summed E-state index contributed by atoms with van der Waals surface area (Å²) in [6, 6.07) is 0. The molecule has 6 nitrogen and oxygen atoms in total. The third-order valence-corrected chi connectivity index (χ3v) is 3.54. The molecule has 0 aliphatic heterocycles. The number of aromatic nitrogens is 2. The minimum atomic E-state index is -0.808. The second-order valence-electron chi connectivity index (χ2n) is 4.60. The first kappa shape index (κ1) is 13.6. The lowest BCUT2D eigenvalue weighted by atomic mass is 9.83. The topological polar surface area (TPSA) is 79.5 Å². The molecule has 0 saturated carbocycles. The van der Waals surface area contributed by atoms with Gasteiger partial charge in [-0.1, -0.05) is 12.2 Å². The first-order valence-electron chi connectivity index (χ1n) is 6.63. The molecule has 0 spiro atoms. The van der Waals surface area contributed by atoms with Gasteiger partial charge in [-0.15, -0.1) is 0 Å². The number of carbonyl (C=O) groups is 1. The quantitative estimate of drug-likeness (QED) is 0.821. The van der Waals surface area contributed by atoms with Gasteiger partial charge in [0.2, 0.25) is 5.89 Å². The molecule has 2 rings (SSSR count). The molecule has 1 aromatic heterocycles. The van der Waals surface area contributed by atoms with E-state index in [-0.39, 0.29) is 5.92 Å². The number of allylic oxidation sites excluding steroid dienone is 2. The van der Waals surface area contributed by atoms with Crippen molar-refractivity contribution in [3.63, 3.8) is 0 Å². The Labute approximate surface area is 112 Å². The molecule has 19 heavy (non-hydrogen) atoms. The molecule has 0 aromatic carbocycles. The lowest BCUT2D eigenvalue weighted by Gasteiger charge is -2.21. The standard InChI is InChI=1S/C13H19N3O3/c1-3-16(4-2)13-14-11(19-15-13)9-7-5-6-8-10(9)12(17)18/h5-6,9-10H,3-4,7-8H2,1-2H3,(H,17,18). The predicted molar refractivity (Wildman–Crippen MR) is 70.1 cm³/mol. The molecule has 1 aliphatic rings. The van der Waals surface area contributed by atoms with Gasteiger partial charge < -0.3 is 14.5 Å². The summed E-state index contributed by atoms with van der Waals surface area (Å²) in [6.45, 7) is 5.62. The molecule has 0 bridgehead atoms. The maximum atomic E-state index is 11.3. The highest BCUT2D eigenvalue weighted by molar-refractivity contribution is 5.71. The number of hydrogen-bond donors (Lipinski definition) is 1. The number of rotatable bonds is 5. The molecule has 6 heteroatoms. The van der Waals surface area contributed by atoms with Crippen LogP contribution in [0.1, 0.15) is 38.5 Å². The van der Waals surface area contributed by atoms with Gasteiger partial charge in [0, 0.05) is 13.1 Å².